The van der Waals surface area contributed by atoms with Crippen LogP contribution >= 0.6 is 0 Å². The average Bonchev–Trinajstić information content (AvgIpc) is 2.84. The summed E-state index contributed by atoms with van der Waals surface area (Å²) in [5.41, 5.74) is 2.90. The zero-order chi connectivity index (χ0) is 14.1. The van der Waals surface area contributed by atoms with E-state index in [1.54, 1.807) is 13.2 Å². The minimum atomic E-state index is -0.0159. The van der Waals surface area contributed by atoms with E-state index in [2.05, 4.69) is 6.92 Å². The summed E-state index contributed by atoms with van der Waals surface area (Å²) in [7, 11) is 1.65. The lowest BCUT2D eigenvalue weighted by Gasteiger charge is -2.16. The van der Waals surface area contributed by atoms with Gasteiger partial charge in [-0.1, -0.05) is 19.1 Å². The van der Waals surface area contributed by atoms with E-state index in [-0.39, 0.29) is 12.0 Å². The predicted molar refractivity (Wildman–Crippen MR) is 76.6 cm³/mol. The summed E-state index contributed by atoms with van der Waals surface area (Å²) in [6, 6.07) is 13.5. The van der Waals surface area contributed by atoms with Gasteiger partial charge >= 0.3 is 0 Å². The Bertz CT molecular complexity index is 631. The fraction of sp³-hybridized carbons (Fsp3) is 0.235. The molecule has 0 aliphatic carbocycles. The van der Waals surface area contributed by atoms with Crippen LogP contribution in [0.5, 0.6) is 11.5 Å². The molecule has 1 heterocycles. The van der Waals surface area contributed by atoms with Crippen molar-refractivity contribution in [2.24, 2.45) is 0 Å². The first-order chi connectivity index (χ1) is 9.72. The molecule has 0 unspecified atom stereocenters. The number of benzene rings is 2. The lowest BCUT2D eigenvalue weighted by molar-refractivity contribution is 0.112. The van der Waals surface area contributed by atoms with E-state index in [9.17, 15) is 4.79 Å². The molecule has 0 bridgehead atoms. The standard InChI is InChI=1S/C17H16O3/c1-11-15-9-12(10-18)3-8-16(15)20-17(11)13-4-6-14(19-2)7-5-13/h3-11,17H,1-2H3/t11-,17+/m1/s1. The Morgan fingerprint density at radius 3 is 2.55 bits per heavy atom. The molecular formula is C17H16O3. The molecule has 0 N–H and O–H groups in total. The number of ether oxygens (including phenoxy) is 2. The molecule has 1 aliphatic rings. The molecule has 2 aromatic carbocycles. The first-order valence-electron chi connectivity index (χ1n) is 6.62. The van der Waals surface area contributed by atoms with Crippen molar-refractivity contribution in [3.63, 3.8) is 0 Å². The Kier molecular flexibility index (Phi) is 3.18. The highest BCUT2D eigenvalue weighted by atomic mass is 16.5. The molecule has 0 radical (unpaired) electrons. The maximum Gasteiger partial charge on any atom is 0.150 e. The summed E-state index contributed by atoms with van der Waals surface area (Å²) in [6.45, 7) is 2.12. The number of aldehydes is 1. The molecule has 0 aromatic heterocycles. The number of carbonyl (C=O) groups excluding carboxylic acids is 1. The maximum atomic E-state index is 10.9. The number of methoxy groups -OCH3 is 1. The normalized spacial score (nSPS) is 20.1. The van der Waals surface area contributed by atoms with Gasteiger partial charge in [0.2, 0.25) is 0 Å². The van der Waals surface area contributed by atoms with Gasteiger partial charge in [-0.25, -0.2) is 0 Å². The number of rotatable bonds is 3. The van der Waals surface area contributed by atoms with Crippen molar-refractivity contribution in [3.05, 3.63) is 59.2 Å². The van der Waals surface area contributed by atoms with Gasteiger partial charge in [0.15, 0.2) is 0 Å². The molecule has 20 heavy (non-hydrogen) atoms. The second kappa shape index (κ2) is 5.00. The average molecular weight is 268 g/mol. The van der Waals surface area contributed by atoms with E-state index in [1.165, 1.54) is 0 Å². The highest BCUT2D eigenvalue weighted by Crippen LogP contribution is 2.46. The molecule has 2 aromatic rings. The lowest BCUT2D eigenvalue weighted by atomic mass is 9.92. The summed E-state index contributed by atoms with van der Waals surface area (Å²) in [5.74, 6) is 1.92. The van der Waals surface area contributed by atoms with Crippen molar-refractivity contribution in [1.82, 2.24) is 0 Å². The number of hydrogen-bond acceptors (Lipinski definition) is 3. The zero-order valence-electron chi connectivity index (χ0n) is 11.5. The van der Waals surface area contributed by atoms with Gasteiger partial charge in [0, 0.05) is 17.0 Å². The molecule has 0 saturated carbocycles. The minimum absolute atomic E-state index is 0.0159. The molecule has 0 fully saturated rings. The number of hydrogen-bond donors (Lipinski definition) is 0. The molecular weight excluding hydrogens is 252 g/mol. The van der Waals surface area contributed by atoms with E-state index in [0.29, 0.717) is 5.56 Å². The third kappa shape index (κ3) is 2.05. The third-order valence-corrected chi connectivity index (χ3v) is 3.81. The Balaban J connectivity index is 1.92. The third-order valence-electron chi connectivity index (χ3n) is 3.81. The van der Waals surface area contributed by atoms with E-state index < -0.39 is 0 Å². The zero-order valence-corrected chi connectivity index (χ0v) is 11.5. The number of fused-ring (bicyclic) bond motifs is 1. The van der Waals surface area contributed by atoms with Crippen molar-refractivity contribution < 1.29 is 14.3 Å². The lowest BCUT2D eigenvalue weighted by Crippen LogP contribution is -2.07. The van der Waals surface area contributed by atoms with E-state index in [4.69, 9.17) is 9.47 Å². The van der Waals surface area contributed by atoms with Crippen molar-refractivity contribution in [2.75, 3.05) is 7.11 Å². The second-order valence-electron chi connectivity index (χ2n) is 5.02. The second-order valence-corrected chi connectivity index (χ2v) is 5.02. The van der Waals surface area contributed by atoms with Gasteiger partial charge in [0.25, 0.3) is 0 Å². The quantitative estimate of drug-likeness (QED) is 0.795. The largest absolute Gasteiger partial charge is 0.497 e. The van der Waals surface area contributed by atoms with Gasteiger partial charge < -0.3 is 9.47 Å². The van der Waals surface area contributed by atoms with Crippen LogP contribution in [0.4, 0.5) is 0 Å². The van der Waals surface area contributed by atoms with Gasteiger partial charge in [0.05, 0.1) is 7.11 Å². The molecule has 0 amide bonds. The molecule has 3 heteroatoms. The maximum absolute atomic E-state index is 10.9. The summed E-state index contributed by atoms with van der Waals surface area (Å²) in [4.78, 5) is 10.9. The van der Waals surface area contributed by atoms with Crippen molar-refractivity contribution in [1.29, 1.82) is 0 Å². The topological polar surface area (TPSA) is 35.5 Å². The molecule has 1 aliphatic heterocycles. The van der Waals surface area contributed by atoms with Crippen LogP contribution < -0.4 is 9.47 Å². The minimum Gasteiger partial charge on any atom is -0.497 e. The van der Waals surface area contributed by atoms with Crippen LogP contribution in [-0.2, 0) is 0 Å². The number of carbonyl (C=O) groups is 1. The SMILES string of the molecule is COc1ccc([C@H]2Oc3ccc(C=O)cc3[C@H]2C)cc1. The van der Waals surface area contributed by atoms with Crippen LogP contribution in [0, 0.1) is 0 Å². The first-order valence-corrected chi connectivity index (χ1v) is 6.62. The summed E-state index contributed by atoms with van der Waals surface area (Å²) >= 11 is 0. The highest BCUT2D eigenvalue weighted by molar-refractivity contribution is 5.76. The Hall–Kier alpha value is -2.29. The summed E-state index contributed by atoms with van der Waals surface area (Å²) < 4.78 is 11.2. The van der Waals surface area contributed by atoms with Crippen LogP contribution in [0.2, 0.25) is 0 Å². The van der Waals surface area contributed by atoms with Crippen LogP contribution in [0.3, 0.4) is 0 Å². The van der Waals surface area contributed by atoms with Gasteiger partial charge in [-0.05, 0) is 35.9 Å². The van der Waals surface area contributed by atoms with Gasteiger partial charge in [0.1, 0.15) is 23.9 Å². The van der Waals surface area contributed by atoms with Gasteiger partial charge in [-0.3, -0.25) is 4.79 Å². The molecule has 3 rings (SSSR count). The van der Waals surface area contributed by atoms with Crippen molar-refractivity contribution in [2.45, 2.75) is 18.9 Å². The van der Waals surface area contributed by atoms with Crippen LogP contribution in [-0.4, -0.2) is 13.4 Å². The summed E-state index contributed by atoms with van der Waals surface area (Å²) in [6.07, 6.45) is 0.853. The van der Waals surface area contributed by atoms with Crippen LogP contribution in [0.15, 0.2) is 42.5 Å². The van der Waals surface area contributed by atoms with E-state index in [1.807, 2.05) is 36.4 Å². The monoisotopic (exact) mass is 268 g/mol. The van der Waals surface area contributed by atoms with Gasteiger partial charge in [-0.2, -0.15) is 0 Å². The van der Waals surface area contributed by atoms with E-state index in [0.717, 1.165) is 28.9 Å². The Labute approximate surface area is 118 Å². The van der Waals surface area contributed by atoms with E-state index >= 15 is 0 Å². The fourth-order valence-corrected chi connectivity index (χ4v) is 2.66. The highest BCUT2D eigenvalue weighted by Gasteiger charge is 2.32. The molecule has 102 valence electrons. The van der Waals surface area contributed by atoms with Gasteiger partial charge in [-0.15, -0.1) is 0 Å². The smallest absolute Gasteiger partial charge is 0.150 e. The van der Waals surface area contributed by atoms with Crippen LogP contribution in [0.1, 0.15) is 40.4 Å². The van der Waals surface area contributed by atoms with Crippen molar-refractivity contribution >= 4 is 6.29 Å². The fourth-order valence-electron chi connectivity index (χ4n) is 2.66. The summed E-state index contributed by atoms with van der Waals surface area (Å²) in [5, 5.41) is 0. The van der Waals surface area contributed by atoms with Crippen molar-refractivity contribution in [3.8, 4) is 11.5 Å². The molecule has 2 atom stereocenters. The Morgan fingerprint density at radius 1 is 1.15 bits per heavy atom. The predicted octanol–water partition coefficient (Wildman–Crippen LogP) is 3.74. The Morgan fingerprint density at radius 2 is 1.90 bits per heavy atom. The first kappa shape index (κ1) is 12.7. The molecule has 0 spiro atoms. The molecule has 3 nitrogen and oxygen atoms in total. The van der Waals surface area contributed by atoms with Crippen LogP contribution in [0.25, 0.3) is 0 Å². The molecule has 0 saturated heterocycles.